The van der Waals surface area contributed by atoms with E-state index in [1.165, 1.54) is 24.3 Å². The third kappa shape index (κ3) is 3.92. The van der Waals surface area contributed by atoms with E-state index in [1.807, 2.05) is 6.92 Å². The minimum Gasteiger partial charge on any atom is -0.395 e. The van der Waals surface area contributed by atoms with Crippen molar-refractivity contribution in [3.63, 3.8) is 0 Å². The minimum atomic E-state index is -3.67. The Balaban J connectivity index is 2.37. The monoisotopic (exact) mass is 336 g/mol. The molecule has 0 radical (unpaired) electrons. The summed E-state index contributed by atoms with van der Waals surface area (Å²) < 4.78 is 26.1. The zero-order valence-electron chi connectivity index (χ0n) is 12.4. The van der Waals surface area contributed by atoms with Crippen molar-refractivity contribution in [1.82, 2.24) is 4.72 Å². The molecular weight excluding hydrogens is 320 g/mol. The van der Waals surface area contributed by atoms with E-state index in [1.54, 1.807) is 18.2 Å². The van der Waals surface area contributed by atoms with Crippen LogP contribution in [0.25, 0.3) is 11.1 Å². The van der Waals surface area contributed by atoms with Crippen LogP contribution < -0.4 is 4.72 Å². The predicted molar refractivity (Wildman–Crippen MR) is 85.5 cm³/mol. The first-order chi connectivity index (χ1) is 10.8. The minimum absolute atomic E-state index is 0.0214. The van der Waals surface area contributed by atoms with Gasteiger partial charge in [0, 0.05) is 18.7 Å². The Hall–Kier alpha value is -2.29. The number of nitro groups is 1. The lowest BCUT2D eigenvalue weighted by Crippen LogP contribution is -2.26. The van der Waals surface area contributed by atoms with E-state index in [0.717, 1.165) is 5.56 Å². The fourth-order valence-electron chi connectivity index (χ4n) is 2.11. The quantitative estimate of drug-likeness (QED) is 0.618. The van der Waals surface area contributed by atoms with Gasteiger partial charge in [-0.25, -0.2) is 13.1 Å². The highest BCUT2D eigenvalue weighted by molar-refractivity contribution is 7.89. The van der Waals surface area contributed by atoms with E-state index in [0.29, 0.717) is 11.1 Å². The highest BCUT2D eigenvalue weighted by atomic mass is 32.2. The maximum absolute atomic E-state index is 11.9. The van der Waals surface area contributed by atoms with Gasteiger partial charge in [-0.1, -0.05) is 18.2 Å². The van der Waals surface area contributed by atoms with Crippen LogP contribution in [0.5, 0.6) is 0 Å². The number of nitrogens with zero attached hydrogens (tertiary/aromatic N) is 1. The van der Waals surface area contributed by atoms with Crippen LogP contribution in [0.1, 0.15) is 5.56 Å². The fraction of sp³-hybridized carbons (Fsp3) is 0.200. The SMILES string of the molecule is Cc1ccc([N+](=O)[O-])cc1-c1ccc(S(=O)(=O)NCCO)cc1. The van der Waals surface area contributed by atoms with E-state index in [-0.39, 0.29) is 23.7 Å². The van der Waals surface area contributed by atoms with Crippen molar-refractivity contribution in [2.24, 2.45) is 0 Å². The second-order valence-electron chi connectivity index (χ2n) is 4.90. The Bertz CT molecular complexity index is 816. The van der Waals surface area contributed by atoms with Crippen molar-refractivity contribution in [2.45, 2.75) is 11.8 Å². The van der Waals surface area contributed by atoms with Crippen LogP contribution in [0.15, 0.2) is 47.4 Å². The molecule has 2 N–H and O–H groups in total. The van der Waals surface area contributed by atoms with Gasteiger partial charge in [0.2, 0.25) is 10.0 Å². The number of benzene rings is 2. The molecule has 0 fully saturated rings. The molecular formula is C15H16N2O5S. The van der Waals surface area contributed by atoms with Gasteiger partial charge in [0.25, 0.3) is 5.69 Å². The number of non-ortho nitro benzene ring substituents is 1. The standard InChI is InChI=1S/C15H16N2O5S/c1-11-2-5-13(17(19)20)10-15(11)12-3-6-14(7-4-12)23(21,22)16-8-9-18/h2-7,10,16,18H,8-9H2,1H3. The summed E-state index contributed by atoms with van der Waals surface area (Å²) in [4.78, 5) is 10.5. The van der Waals surface area contributed by atoms with E-state index >= 15 is 0 Å². The smallest absolute Gasteiger partial charge is 0.270 e. The second kappa shape index (κ2) is 6.86. The first kappa shape index (κ1) is 17.1. The van der Waals surface area contributed by atoms with Crippen molar-refractivity contribution in [3.8, 4) is 11.1 Å². The van der Waals surface area contributed by atoms with Crippen molar-refractivity contribution in [2.75, 3.05) is 13.2 Å². The number of aliphatic hydroxyl groups is 1. The zero-order chi connectivity index (χ0) is 17.0. The molecule has 0 amide bonds. The highest BCUT2D eigenvalue weighted by Crippen LogP contribution is 2.28. The molecule has 0 atom stereocenters. The van der Waals surface area contributed by atoms with Crippen LogP contribution in [-0.4, -0.2) is 31.6 Å². The Morgan fingerprint density at radius 2 is 1.83 bits per heavy atom. The molecule has 2 rings (SSSR count). The number of sulfonamides is 1. The van der Waals surface area contributed by atoms with E-state index < -0.39 is 14.9 Å². The third-order valence-corrected chi connectivity index (χ3v) is 4.79. The van der Waals surface area contributed by atoms with E-state index in [2.05, 4.69) is 4.72 Å². The van der Waals surface area contributed by atoms with Gasteiger partial charge in [0.05, 0.1) is 16.4 Å². The molecule has 23 heavy (non-hydrogen) atoms. The summed E-state index contributed by atoms with van der Waals surface area (Å²) in [5.41, 5.74) is 2.19. The summed E-state index contributed by atoms with van der Waals surface area (Å²) in [6, 6.07) is 10.6. The van der Waals surface area contributed by atoms with Crippen molar-refractivity contribution in [3.05, 3.63) is 58.1 Å². The fourth-order valence-corrected chi connectivity index (χ4v) is 3.13. The molecule has 0 heterocycles. The molecule has 122 valence electrons. The normalized spacial score (nSPS) is 11.4. The average Bonchev–Trinajstić information content (AvgIpc) is 2.53. The van der Waals surface area contributed by atoms with Crippen LogP contribution in [0, 0.1) is 17.0 Å². The Labute approximate surface area is 133 Å². The van der Waals surface area contributed by atoms with Gasteiger partial charge in [-0.3, -0.25) is 10.1 Å². The van der Waals surface area contributed by atoms with E-state index in [9.17, 15) is 18.5 Å². The van der Waals surface area contributed by atoms with Crippen LogP contribution in [-0.2, 0) is 10.0 Å². The molecule has 0 aliphatic carbocycles. The van der Waals surface area contributed by atoms with Gasteiger partial charge in [0.1, 0.15) is 0 Å². The number of nitrogens with one attached hydrogen (secondary N) is 1. The summed E-state index contributed by atoms with van der Waals surface area (Å²) in [5, 5.41) is 19.6. The molecule has 0 saturated carbocycles. The molecule has 0 aromatic heterocycles. The molecule has 0 bridgehead atoms. The first-order valence-electron chi connectivity index (χ1n) is 6.81. The molecule has 7 nitrogen and oxygen atoms in total. The topological polar surface area (TPSA) is 110 Å². The second-order valence-corrected chi connectivity index (χ2v) is 6.67. The highest BCUT2D eigenvalue weighted by Gasteiger charge is 2.14. The number of rotatable bonds is 6. The summed E-state index contributed by atoms with van der Waals surface area (Å²) in [7, 11) is -3.67. The van der Waals surface area contributed by atoms with Crippen molar-refractivity contribution >= 4 is 15.7 Å². The lowest BCUT2D eigenvalue weighted by atomic mass is 10.00. The molecule has 0 saturated heterocycles. The van der Waals surface area contributed by atoms with Gasteiger partial charge < -0.3 is 5.11 Å². The maximum atomic E-state index is 11.9. The lowest BCUT2D eigenvalue weighted by molar-refractivity contribution is -0.384. The molecule has 0 aliphatic heterocycles. The Morgan fingerprint density at radius 3 is 2.39 bits per heavy atom. The number of nitro benzene ring substituents is 1. The maximum Gasteiger partial charge on any atom is 0.270 e. The lowest BCUT2D eigenvalue weighted by Gasteiger charge is -2.08. The first-order valence-corrected chi connectivity index (χ1v) is 8.29. The van der Waals surface area contributed by atoms with Gasteiger partial charge in [-0.2, -0.15) is 0 Å². The van der Waals surface area contributed by atoms with Gasteiger partial charge in [-0.05, 0) is 35.7 Å². The molecule has 0 unspecified atom stereocenters. The van der Waals surface area contributed by atoms with Crippen molar-refractivity contribution < 1.29 is 18.4 Å². The average molecular weight is 336 g/mol. The van der Waals surface area contributed by atoms with Crippen LogP contribution in [0.3, 0.4) is 0 Å². The molecule has 8 heteroatoms. The van der Waals surface area contributed by atoms with Gasteiger partial charge in [0.15, 0.2) is 0 Å². The molecule has 0 aliphatic rings. The van der Waals surface area contributed by atoms with Crippen LogP contribution >= 0.6 is 0 Å². The Kier molecular flexibility index (Phi) is 5.09. The summed E-state index contributed by atoms with van der Waals surface area (Å²) >= 11 is 0. The van der Waals surface area contributed by atoms with Gasteiger partial charge in [-0.15, -0.1) is 0 Å². The van der Waals surface area contributed by atoms with Crippen LogP contribution in [0.4, 0.5) is 5.69 Å². The Morgan fingerprint density at radius 1 is 1.17 bits per heavy atom. The van der Waals surface area contributed by atoms with Crippen LogP contribution in [0.2, 0.25) is 0 Å². The van der Waals surface area contributed by atoms with E-state index in [4.69, 9.17) is 5.11 Å². The molecule has 2 aromatic rings. The zero-order valence-corrected chi connectivity index (χ0v) is 13.2. The molecule has 0 spiro atoms. The van der Waals surface area contributed by atoms with Gasteiger partial charge >= 0.3 is 0 Å². The summed E-state index contributed by atoms with van der Waals surface area (Å²) in [6.45, 7) is 1.48. The number of hydrogen-bond donors (Lipinski definition) is 2. The number of hydrogen-bond acceptors (Lipinski definition) is 5. The van der Waals surface area contributed by atoms with Crippen molar-refractivity contribution in [1.29, 1.82) is 0 Å². The number of aliphatic hydroxyl groups excluding tert-OH is 1. The largest absolute Gasteiger partial charge is 0.395 e. The third-order valence-electron chi connectivity index (χ3n) is 3.31. The summed E-state index contributed by atoms with van der Waals surface area (Å²) in [5.74, 6) is 0. The molecule has 2 aromatic carbocycles. The predicted octanol–water partition coefficient (Wildman–Crippen LogP) is 1.84. The summed E-state index contributed by atoms with van der Waals surface area (Å²) in [6.07, 6.45) is 0. The number of aryl methyl sites for hydroxylation is 1.